The largest absolute Gasteiger partial charge is 0.376 e. The maximum Gasteiger partial charge on any atom is 0.193 e. The molecule has 2 fully saturated rings. The minimum Gasteiger partial charge on any atom is -0.376 e. The topological polar surface area (TPSA) is 46.1 Å². The van der Waals surface area contributed by atoms with Gasteiger partial charge in [-0.25, -0.2) is 0 Å². The maximum absolute atomic E-state index is 6.11. The highest BCUT2D eigenvalue weighted by Gasteiger charge is 2.23. The zero-order chi connectivity index (χ0) is 17.2. The molecule has 2 rings (SSSR count). The van der Waals surface area contributed by atoms with Gasteiger partial charge in [0.05, 0.1) is 18.8 Å². The molecule has 0 aromatic rings. The van der Waals surface area contributed by atoms with Crippen LogP contribution < -0.4 is 5.32 Å². The molecule has 0 bridgehead atoms. The smallest absolute Gasteiger partial charge is 0.193 e. The number of nitrogens with one attached hydrogen (secondary N) is 1. The minimum atomic E-state index is 0.325. The van der Waals surface area contributed by atoms with Crippen molar-refractivity contribution in [3.63, 3.8) is 0 Å². The SMILES string of the molecule is CCC(CC)CNC(=NC)N1CCC(OCC2CCCCO2)CC1. The van der Waals surface area contributed by atoms with Gasteiger partial charge in [0, 0.05) is 33.3 Å². The van der Waals surface area contributed by atoms with Gasteiger partial charge >= 0.3 is 0 Å². The number of hydrogen-bond donors (Lipinski definition) is 1. The Balaban J connectivity index is 1.66. The Bertz CT molecular complexity index is 358. The molecule has 1 unspecified atom stereocenters. The van der Waals surface area contributed by atoms with E-state index in [2.05, 4.69) is 29.1 Å². The van der Waals surface area contributed by atoms with E-state index in [9.17, 15) is 0 Å². The second-order valence-electron chi connectivity index (χ2n) is 7.12. The van der Waals surface area contributed by atoms with Crippen LogP contribution in [0.4, 0.5) is 0 Å². The zero-order valence-corrected chi connectivity index (χ0v) is 15.9. The molecule has 2 saturated heterocycles. The van der Waals surface area contributed by atoms with Crippen molar-refractivity contribution in [2.75, 3.05) is 39.9 Å². The third-order valence-electron chi connectivity index (χ3n) is 5.45. The Morgan fingerprint density at radius 2 is 1.96 bits per heavy atom. The summed E-state index contributed by atoms with van der Waals surface area (Å²) in [5.41, 5.74) is 0. The Labute approximate surface area is 148 Å². The van der Waals surface area contributed by atoms with E-state index in [0.717, 1.165) is 64.0 Å². The van der Waals surface area contributed by atoms with Crippen molar-refractivity contribution in [2.45, 2.75) is 71.0 Å². The molecule has 0 amide bonds. The first-order chi connectivity index (χ1) is 11.8. The Kier molecular flexibility index (Phi) is 8.89. The van der Waals surface area contributed by atoms with Gasteiger partial charge in [0.1, 0.15) is 0 Å². The summed E-state index contributed by atoms with van der Waals surface area (Å²) in [6.07, 6.45) is 8.96. The van der Waals surface area contributed by atoms with Crippen LogP contribution in [0, 0.1) is 5.92 Å². The second-order valence-corrected chi connectivity index (χ2v) is 7.12. The van der Waals surface area contributed by atoms with Crippen LogP contribution >= 0.6 is 0 Å². The number of aliphatic imine (C=N–C) groups is 1. The molecule has 1 N–H and O–H groups in total. The number of hydrogen-bond acceptors (Lipinski definition) is 3. The molecule has 0 spiro atoms. The molecular weight excluding hydrogens is 302 g/mol. The van der Waals surface area contributed by atoms with Crippen LogP contribution in [0.15, 0.2) is 4.99 Å². The van der Waals surface area contributed by atoms with Gasteiger partial charge in [0.15, 0.2) is 5.96 Å². The van der Waals surface area contributed by atoms with Gasteiger partial charge < -0.3 is 19.7 Å². The number of nitrogens with zero attached hydrogens (tertiary/aromatic N) is 2. The van der Waals surface area contributed by atoms with Crippen LogP contribution in [0.2, 0.25) is 0 Å². The van der Waals surface area contributed by atoms with E-state index in [1.807, 2.05) is 7.05 Å². The first kappa shape index (κ1) is 19.5. The van der Waals surface area contributed by atoms with Crippen LogP contribution in [0.3, 0.4) is 0 Å². The summed E-state index contributed by atoms with van der Waals surface area (Å²) in [6.45, 7) is 9.28. The Hall–Kier alpha value is -0.810. The lowest BCUT2D eigenvalue weighted by molar-refractivity contribution is -0.0721. The molecule has 5 heteroatoms. The third-order valence-corrected chi connectivity index (χ3v) is 5.45. The molecule has 0 saturated carbocycles. The van der Waals surface area contributed by atoms with E-state index >= 15 is 0 Å². The normalized spacial score (nSPS) is 23.8. The fraction of sp³-hybridized carbons (Fsp3) is 0.947. The summed E-state index contributed by atoms with van der Waals surface area (Å²) in [7, 11) is 1.89. The molecule has 140 valence electrons. The van der Waals surface area contributed by atoms with Crippen LogP contribution in [0.5, 0.6) is 0 Å². The van der Waals surface area contributed by atoms with Gasteiger partial charge in [-0.2, -0.15) is 0 Å². The van der Waals surface area contributed by atoms with Crippen LogP contribution in [-0.4, -0.2) is 63.0 Å². The van der Waals surface area contributed by atoms with Crippen LogP contribution in [0.25, 0.3) is 0 Å². The van der Waals surface area contributed by atoms with Gasteiger partial charge in [-0.1, -0.05) is 26.7 Å². The zero-order valence-electron chi connectivity index (χ0n) is 15.9. The summed E-state index contributed by atoms with van der Waals surface area (Å²) < 4.78 is 11.9. The van der Waals surface area contributed by atoms with Gasteiger partial charge in [0.25, 0.3) is 0 Å². The molecule has 0 aliphatic carbocycles. The fourth-order valence-corrected chi connectivity index (χ4v) is 3.56. The maximum atomic E-state index is 6.11. The average Bonchev–Trinajstić information content (AvgIpc) is 2.65. The first-order valence-electron chi connectivity index (χ1n) is 9.95. The van der Waals surface area contributed by atoms with Crippen molar-refractivity contribution in [3.05, 3.63) is 0 Å². The van der Waals surface area contributed by atoms with E-state index in [4.69, 9.17) is 9.47 Å². The predicted octanol–water partition coefficient (Wildman–Crippen LogP) is 3.05. The van der Waals surface area contributed by atoms with E-state index in [1.54, 1.807) is 0 Å². The van der Waals surface area contributed by atoms with Crippen molar-refractivity contribution < 1.29 is 9.47 Å². The highest BCUT2D eigenvalue weighted by atomic mass is 16.5. The highest BCUT2D eigenvalue weighted by Crippen LogP contribution is 2.18. The summed E-state index contributed by atoms with van der Waals surface area (Å²) >= 11 is 0. The monoisotopic (exact) mass is 339 g/mol. The van der Waals surface area contributed by atoms with Crippen LogP contribution in [-0.2, 0) is 9.47 Å². The van der Waals surface area contributed by atoms with Crippen molar-refractivity contribution >= 4 is 5.96 Å². The van der Waals surface area contributed by atoms with Gasteiger partial charge in [-0.05, 0) is 38.0 Å². The van der Waals surface area contributed by atoms with Crippen molar-refractivity contribution in [1.82, 2.24) is 10.2 Å². The van der Waals surface area contributed by atoms with E-state index < -0.39 is 0 Å². The second kappa shape index (κ2) is 10.9. The summed E-state index contributed by atoms with van der Waals surface area (Å²) in [5.74, 6) is 1.79. The molecule has 2 aliphatic rings. The van der Waals surface area contributed by atoms with Crippen LogP contribution in [0.1, 0.15) is 58.8 Å². The van der Waals surface area contributed by atoms with Crippen molar-refractivity contribution in [3.8, 4) is 0 Å². The molecule has 1 atom stereocenters. The lowest BCUT2D eigenvalue weighted by Crippen LogP contribution is -2.48. The standard InChI is InChI=1S/C19H37N3O2/c1-4-16(5-2)14-21-19(20-3)22-11-9-17(10-12-22)24-15-18-8-6-7-13-23-18/h16-18H,4-15H2,1-3H3,(H,20,21). The number of rotatable bonds is 7. The van der Waals surface area contributed by atoms with E-state index in [0.29, 0.717) is 12.2 Å². The molecule has 0 aromatic carbocycles. The van der Waals surface area contributed by atoms with E-state index in [-0.39, 0.29) is 0 Å². The van der Waals surface area contributed by atoms with Crippen molar-refractivity contribution in [1.29, 1.82) is 0 Å². The summed E-state index contributed by atoms with van der Waals surface area (Å²) in [6, 6.07) is 0. The minimum absolute atomic E-state index is 0.325. The number of likely N-dealkylation sites (tertiary alicyclic amines) is 1. The Morgan fingerprint density at radius 1 is 1.21 bits per heavy atom. The van der Waals surface area contributed by atoms with E-state index in [1.165, 1.54) is 25.7 Å². The molecule has 5 nitrogen and oxygen atoms in total. The quantitative estimate of drug-likeness (QED) is 0.572. The van der Waals surface area contributed by atoms with Gasteiger partial charge in [0.2, 0.25) is 0 Å². The molecule has 0 radical (unpaired) electrons. The van der Waals surface area contributed by atoms with Gasteiger partial charge in [-0.3, -0.25) is 4.99 Å². The number of guanidine groups is 1. The molecule has 2 heterocycles. The fourth-order valence-electron chi connectivity index (χ4n) is 3.56. The third kappa shape index (κ3) is 6.25. The number of piperidine rings is 1. The molecular formula is C19H37N3O2. The average molecular weight is 340 g/mol. The lowest BCUT2D eigenvalue weighted by atomic mass is 10.0. The summed E-state index contributed by atoms with van der Waals surface area (Å²) in [4.78, 5) is 6.84. The first-order valence-corrected chi connectivity index (χ1v) is 9.95. The highest BCUT2D eigenvalue weighted by molar-refractivity contribution is 5.79. The Morgan fingerprint density at radius 3 is 2.54 bits per heavy atom. The molecule has 0 aromatic heterocycles. The number of ether oxygens (including phenoxy) is 2. The lowest BCUT2D eigenvalue weighted by Gasteiger charge is -2.35. The molecule has 24 heavy (non-hydrogen) atoms. The summed E-state index contributed by atoms with van der Waals surface area (Å²) in [5, 5.41) is 3.55. The van der Waals surface area contributed by atoms with Crippen molar-refractivity contribution in [2.24, 2.45) is 10.9 Å². The van der Waals surface area contributed by atoms with Gasteiger partial charge in [-0.15, -0.1) is 0 Å². The predicted molar refractivity (Wildman–Crippen MR) is 99.6 cm³/mol. The molecule has 2 aliphatic heterocycles.